The Kier molecular flexibility index (Phi) is 7.64. The Morgan fingerprint density at radius 3 is 2.33 bits per heavy atom. The van der Waals surface area contributed by atoms with Crippen molar-refractivity contribution in [1.82, 2.24) is 5.32 Å². The van der Waals surface area contributed by atoms with E-state index in [4.69, 9.17) is 15.2 Å². The van der Waals surface area contributed by atoms with Crippen LogP contribution in [0.5, 0.6) is 11.5 Å². The normalized spacial score (nSPS) is 13.1. The maximum absolute atomic E-state index is 12.4. The van der Waals surface area contributed by atoms with E-state index in [1.165, 1.54) is 0 Å². The van der Waals surface area contributed by atoms with Crippen LogP contribution < -0.4 is 15.8 Å². The van der Waals surface area contributed by atoms with Crippen molar-refractivity contribution in [3.8, 4) is 11.5 Å². The van der Waals surface area contributed by atoms with Gasteiger partial charge in [-0.05, 0) is 49.8 Å². The van der Waals surface area contributed by atoms with Crippen molar-refractivity contribution in [1.29, 1.82) is 0 Å². The number of ether oxygens (including phenoxy) is 2. The smallest absolute Gasteiger partial charge is 0.253 e. The Labute approximate surface area is 160 Å². The summed E-state index contributed by atoms with van der Waals surface area (Å²) in [7, 11) is 1.61. The van der Waals surface area contributed by atoms with Gasteiger partial charge < -0.3 is 20.5 Å². The average Bonchev–Trinajstić information content (AvgIpc) is 2.68. The fraction of sp³-hybridized carbons (Fsp3) is 0.227. The Morgan fingerprint density at radius 1 is 1.11 bits per heavy atom. The number of methoxy groups -OCH3 is 1. The van der Waals surface area contributed by atoms with Crippen LogP contribution in [0.2, 0.25) is 0 Å². The van der Waals surface area contributed by atoms with Crippen molar-refractivity contribution >= 4 is 5.91 Å². The SMILES string of the molecule is COC(C)/C=C\C(C(=O)NCc1ccc(Oc2ccccc2)cc1)=C(/C)N. The van der Waals surface area contributed by atoms with Crippen LogP contribution in [0.4, 0.5) is 0 Å². The number of hydrogen-bond donors (Lipinski definition) is 2. The van der Waals surface area contributed by atoms with Gasteiger partial charge in [-0.25, -0.2) is 0 Å². The summed E-state index contributed by atoms with van der Waals surface area (Å²) in [5.41, 5.74) is 7.69. The van der Waals surface area contributed by atoms with Gasteiger partial charge in [-0.1, -0.05) is 36.4 Å². The zero-order valence-electron chi connectivity index (χ0n) is 15.9. The number of rotatable bonds is 8. The number of para-hydroxylation sites is 1. The zero-order valence-corrected chi connectivity index (χ0v) is 15.9. The minimum absolute atomic E-state index is 0.0932. The predicted molar refractivity (Wildman–Crippen MR) is 107 cm³/mol. The molecule has 0 fully saturated rings. The van der Waals surface area contributed by atoms with Gasteiger partial charge in [0.25, 0.3) is 5.91 Å². The molecule has 5 heteroatoms. The first-order chi connectivity index (χ1) is 13.0. The summed E-state index contributed by atoms with van der Waals surface area (Å²) < 4.78 is 10.9. The van der Waals surface area contributed by atoms with E-state index in [0.717, 1.165) is 17.1 Å². The molecule has 1 amide bonds. The fourth-order valence-electron chi connectivity index (χ4n) is 2.27. The van der Waals surface area contributed by atoms with E-state index in [-0.39, 0.29) is 12.0 Å². The predicted octanol–water partition coefficient (Wildman–Crippen LogP) is 3.92. The van der Waals surface area contributed by atoms with Crippen LogP contribution >= 0.6 is 0 Å². The molecule has 27 heavy (non-hydrogen) atoms. The molecule has 2 aromatic rings. The van der Waals surface area contributed by atoms with Gasteiger partial charge in [-0.2, -0.15) is 0 Å². The van der Waals surface area contributed by atoms with Crippen molar-refractivity contribution in [2.45, 2.75) is 26.5 Å². The molecule has 0 saturated heterocycles. The lowest BCUT2D eigenvalue weighted by Gasteiger charge is -2.10. The zero-order chi connectivity index (χ0) is 19.6. The van der Waals surface area contributed by atoms with Gasteiger partial charge in [-0.3, -0.25) is 4.79 Å². The average molecular weight is 366 g/mol. The first-order valence-corrected chi connectivity index (χ1v) is 8.77. The van der Waals surface area contributed by atoms with E-state index in [2.05, 4.69) is 5.32 Å². The fourth-order valence-corrected chi connectivity index (χ4v) is 2.27. The van der Waals surface area contributed by atoms with Crippen LogP contribution in [0.25, 0.3) is 0 Å². The van der Waals surface area contributed by atoms with Gasteiger partial charge in [0.1, 0.15) is 11.5 Å². The van der Waals surface area contributed by atoms with Crippen molar-refractivity contribution in [3.05, 3.63) is 83.6 Å². The molecule has 1 unspecified atom stereocenters. The summed E-state index contributed by atoms with van der Waals surface area (Å²) in [6, 6.07) is 17.2. The van der Waals surface area contributed by atoms with E-state index < -0.39 is 0 Å². The van der Waals surface area contributed by atoms with Gasteiger partial charge in [0.2, 0.25) is 0 Å². The van der Waals surface area contributed by atoms with Crippen molar-refractivity contribution in [3.63, 3.8) is 0 Å². The van der Waals surface area contributed by atoms with Gasteiger partial charge in [-0.15, -0.1) is 0 Å². The number of nitrogens with one attached hydrogen (secondary N) is 1. The maximum Gasteiger partial charge on any atom is 0.253 e. The summed E-state index contributed by atoms with van der Waals surface area (Å²) in [6.45, 7) is 3.98. The molecule has 0 aliphatic carbocycles. The van der Waals surface area contributed by atoms with Crippen LogP contribution in [0.15, 0.2) is 78.0 Å². The molecule has 0 saturated carbocycles. The highest BCUT2D eigenvalue weighted by atomic mass is 16.5. The highest BCUT2D eigenvalue weighted by Crippen LogP contribution is 2.21. The second kappa shape index (κ2) is 10.2. The summed E-state index contributed by atoms with van der Waals surface area (Å²) in [5.74, 6) is 1.30. The molecule has 2 rings (SSSR count). The van der Waals surface area contributed by atoms with Crippen molar-refractivity contribution < 1.29 is 14.3 Å². The third-order valence-electron chi connectivity index (χ3n) is 3.93. The standard InChI is InChI=1S/C22H26N2O3/c1-16(26-3)9-14-21(17(2)23)22(25)24-15-18-10-12-20(13-11-18)27-19-7-5-4-6-8-19/h4-14,16H,15,23H2,1-3H3,(H,24,25)/b14-9-,21-17-. The summed E-state index contributed by atoms with van der Waals surface area (Å²) in [4.78, 5) is 12.4. The molecular formula is C22H26N2O3. The minimum atomic E-state index is -0.223. The minimum Gasteiger partial charge on any atom is -0.457 e. The van der Waals surface area contributed by atoms with E-state index >= 15 is 0 Å². The number of nitrogens with two attached hydrogens (primary N) is 1. The Bertz CT molecular complexity index is 792. The van der Waals surface area contributed by atoms with Gasteiger partial charge in [0.05, 0.1) is 11.7 Å². The molecule has 0 aliphatic heterocycles. The highest BCUT2D eigenvalue weighted by molar-refractivity contribution is 5.96. The number of amides is 1. The number of benzene rings is 2. The van der Waals surface area contributed by atoms with Gasteiger partial charge >= 0.3 is 0 Å². The summed E-state index contributed by atoms with van der Waals surface area (Å²) in [5, 5.41) is 2.88. The molecule has 0 aliphatic rings. The molecule has 1 atom stereocenters. The second-order valence-corrected chi connectivity index (χ2v) is 6.14. The van der Waals surface area contributed by atoms with Crippen molar-refractivity contribution in [2.75, 3.05) is 7.11 Å². The van der Waals surface area contributed by atoms with E-state index in [9.17, 15) is 4.79 Å². The van der Waals surface area contributed by atoms with Crippen LogP contribution in [-0.4, -0.2) is 19.1 Å². The largest absolute Gasteiger partial charge is 0.457 e. The number of carbonyl (C=O) groups is 1. The first kappa shape index (κ1) is 20.3. The van der Waals surface area contributed by atoms with Crippen molar-refractivity contribution in [2.24, 2.45) is 5.73 Å². The third kappa shape index (κ3) is 6.64. The second-order valence-electron chi connectivity index (χ2n) is 6.14. The number of allylic oxidation sites excluding steroid dienone is 1. The molecule has 0 aromatic heterocycles. The Hall–Kier alpha value is -3.05. The summed E-state index contributed by atoms with van der Waals surface area (Å²) >= 11 is 0. The molecule has 0 radical (unpaired) electrons. The monoisotopic (exact) mass is 366 g/mol. The molecule has 0 bridgehead atoms. The molecule has 3 N–H and O–H groups in total. The quantitative estimate of drug-likeness (QED) is 0.549. The van der Waals surface area contributed by atoms with Crippen LogP contribution in [0.3, 0.4) is 0 Å². The molecule has 5 nitrogen and oxygen atoms in total. The van der Waals surface area contributed by atoms with Crippen LogP contribution in [0, 0.1) is 0 Å². The number of hydrogen-bond acceptors (Lipinski definition) is 4. The molecule has 0 spiro atoms. The van der Waals surface area contributed by atoms with Crippen LogP contribution in [-0.2, 0) is 16.1 Å². The molecule has 142 valence electrons. The number of carbonyl (C=O) groups excluding carboxylic acids is 1. The summed E-state index contributed by atoms with van der Waals surface area (Å²) in [6.07, 6.45) is 3.39. The van der Waals surface area contributed by atoms with E-state index in [1.54, 1.807) is 26.2 Å². The third-order valence-corrected chi connectivity index (χ3v) is 3.93. The lowest BCUT2D eigenvalue weighted by Crippen LogP contribution is -2.25. The highest BCUT2D eigenvalue weighted by Gasteiger charge is 2.09. The Morgan fingerprint density at radius 2 is 1.74 bits per heavy atom. The topological polar surface area (TPSA) is 73.6 Å². The van der Waals surface area contributed by atoms with Gasteiger partial charge in [0, 0.05) is 19.4 Å². The van der Waals surface area contributed by atoms with Crippen LogP contribution in [0.1, 0.15) is 19.4 Å². The molecule has 2 aromatic carbocycles. The first-order valence-electron chi connectivity index (χ1n) is 8.77. The lowest BCUT2D eigenvalue weighted by molar-refractivity contribution is -0.117. The lowest BCUT2D eigenvalue weighted by atomic mass is 10.1. The molecule has 0 heterocycles. The van der Waals surface area contributed by atoms with Gasteiger partial charge in [0.15, 0.2) is 0 Å². The Balaban J connectivity index is 1.94. The van der Waals surface area contributed by atoms with E-state index in [0.29, 0.717) is 17.8 Å². The molecular weight excluding hydrogens is 340 g/mol. The van der Waals surface area contributed by atoms with E-state index in [1.807, 2.05) is 61.5 Å². The maximum atomic E-state index is 12.4.